The predicted octanol–water partition coefficient (Wildman–Crippen LogP) is 8.04. The number of pyridine rings is 1. The second-order valence-corrected chi connectivity index (χ2v) is 18.3. The van der Waals surface area contributed by atoms with Crippen LogP contribution in [0.25, 0.3) is 10.8 Å². The Kier molecular flexibility index (Phi) is 12.7. The van der Waals surface area contributed by atoms with Gasteiger partial charge in [0, 0.05) is 67.0 Å². The van der Waals surface area contributed by atoms with Gasteiger partial charge < -0.3 is 44.8 Å². The molecule has 13 nitrogen and oxygen atoms in total. The number of morpholine rings is 1. The van der Waals surface area contributed by atoms with Crippen LogP contribution in [0.5, 0.6) is 23.0 Å². The van der Waals surface area contributed by atoms with Crippen LogP contribution in [0.3, 0.4) is 0 Å². The minimum Gasteiger partial charge on any atom is -0.494 e. The van der Waals surface area contributed by atoms with Gasteiger partial charge in [0.25, 0.3) is 5.91 Å². The molecule has 5 aromatic rings. The maximum absolute atomic E-state index is 13.6. The minimum atomic E-state index is -2.75. The van der Waals surface area contributed by atoms with Crippen LogP contribution in [-0.2, 0) is 14.7 Å². The van der Waals surface area contributed by atoms with Crippen LogP contribution in [0.2, 0.25) is 0 Å². The number of urea groups is 1. The summed E-state index contributed by atoms with van der Waals surface area (Å²) in [6, 6.07) is 23.3. The molecule has 3 amide bonds. The van der Waals surface area contributed by atoms with Gasteiger partial charge >= 0.3 is 6.03 Å². The van der Waals surface area contributed by atoms with Gasteiger partial charge in [-0.15, -0.1) is 0 Å². The highest BCUT2D eigenvalue weighted by atomic mass is 31.2. The number of nitrogens with one attached hydrogen (secondary N) is 4. The monoisotopic (exact) mass is 794 g/mol. The van der Waals surface area contributed by atoms with Crippen molar-refractivity contribution in [3.63, 3.8) is 0 Å². The van der Waals surface area contributed by atoms with Crippen molar-refractivity contribution in [2.24, 2.45) is 0 Å². The van der Waals surface area contributed by atoms with Gasteiger partial charge in [-0.25, -0.2) is 9.78 Å². The average Bonchev–Trinajstić information content (AvgIpc) is 3.18. The third kappa shape index (κ3) is 10.4. The molecule has 0 saturated carbocycles. The molecule has 300 valence electrons. The largest absolute Gasteiger partial charge is 0.494 e. The SMILES string of the molecule is CNC(=O)c1cc(Nc2cc(Oc3ccc(NC(=O)Nc4cc(C(C)(C)C)cc(P(C)(C)=O)c4OC)c4ccccc34)ccn2)cc(OCCN2CCOCC2)c1. The van der Waals surface area contributed by atoms with E-state index in [0.717, 1.165) is 36.0 Å². The molecule has 1 fully saturated rings. The number of aromatic nitrogens is 1. The van der Waals surface area contributed by atoms with Crippen molar-refractivity contribution in [1.29, 1.82) is 0 Å². The molecule has 0 atom stereocenters. The lowest BCUT2D eigenvalue weighted by molar-refractivity contribution is 0.0322. The van der Waals surface area contributed by atoms with Gasteiger partial charge in [0.15, 0.2) is 5.75 Å². The highest BCUT2D eigenvalue weighted by molar-refractivity contribution is 7.70. The molecule has 0 spiro atoms. The highest BCUT2D eigenvalue weighted by Gasteiger charge is 2.26. The number of carbonyl (C=O) groups excluding carboxylic acids is 2. The summed E-state index contributed by atoms with van der Waals surface area (Å²) in [5, 5.41) is 14.0. The van der Waals surface area contributed by atoms with Gasteiger partial charge in [-0.1, -0.05) is 45.0 Å². The summed E-state index contributed by atoms with van der Waals surface area (Å²) in [5.41, 5.74) is 2.72. The summed E-state index contributed by atoms with van der Waals surface area (Å²) in [6.45, 7) is 13.9. The van der Waals surface area contributed by atoms with E-state index in [1.165, 1.54) is 7.11 Å². The van der Waals surface area contributed by atoms with E-state index in [1.54, 1.807) is 63.0 Å². The van der Waals surface area contributed by atoms with Crippen LogP contribution >= 0.6 is 7.14 Å². The standard InChI is InChI=1S/C43H51N6O7P/c1-43(2,3)29-24-36(40(53-5)38(25-29)57(6,7)52)48-42(51)47-35-12-13-37(34-11-9-8-10-33(34)35)56-31-14-15-45-39(27-31)46-30-22-28(41(50)44-4)23-32(26-30)55-21-18-49-16-19-54-20-17-49/h8-15,22-27H,16-21H2,1-7H3,(H,44,50)(H,45,46)(H2,47,48,51). The maximum Gasteiger partial charge on any atom is 0.323 e. The Balaban J connectivity index is 1.19. The van der Waals surface area contributed by atoms with E-state index in [1.807, 2.05) is 42.5 Å². The number of carbonyl (C=O) groups is 2. The first-order valence-electron chi connectivity index (χ1n) is 18.8. The third-order valence-corrected chi connectivity index (χ3v) is 11.0. The second-order valence-electron chi connectivity index (χ2n) is 15.1. The van der Waals surface area contributed by atoms with Gasteiger partial charge in [-0.05, 0) is 66.8 Å². The van der Waals surface area contributed by atoms with Crippen molar-refractivity contribution in [3.05, 3.63) is 96.2 Å². The number of fused-ring (bicyclic) bond motifs is 1. The zero-order valence-corrected chi connectivity index (χ0v) is 34.4. The fourth-order valence-corrected chi connectivity index (χ4v) is 7.62. The fraction of sp³-hybridized carbons (Fsp3) is 0.326. The Morgan fingerprint density at radius 3 is 2.33 bits per heavy atom. The first-order valence-corrected chi connectivity index (χ1v) is 21.4. The van der Waals surface area contributed by atoms with Gasteiger partial charge in [-0.2, -0.15) is 0 Å². The van der Waals surface area contributed by atoms with E-state index in [0.29, 0.717) is 76.6 Å². The smallest absolute Gasteiger partial charge is 0.323 e. The van der Waals surface area contributed by atoms with Gasteiger partial charge in [0.1, 0.15) is 36.8 Å². The Hall–Kier alpha value is -5.62. The lowest BCUT2D eigenvalue weighted by atomic mass is 9.86. The first-order chi connectivity index (χ1) is 27.2. The molecule has 1 aliphatic heterocycles. The molecule has 0 aliphatic carbocycles. The molecule has 1 aromatic heterocycles. The highest BCUT2D eigenvalue weighted by Crippen LogP contribution is 2.44. The zero-order valence-electron chi connectivity index (χ0n) is 33.5. The van der Waals surface area contributed by atoms with E-state index in [4.69, 9.17) is 18.9 Å². The number of rotatable bonds is 13. The summed E-state index contributed by atoms with van der Waals surface area (Å²) >= 11 is 0. The fourth-order valence-electron chi connectivity index (χ4n) is 6.46. The van der Waals surface area contributed by atoms with E-state index < -0.39 is 13.2 Å². The van der Waals surface area contributed by atoms with Crippen LogP contribution in [0.1, 0.15) is 36.7 Å². The van der Waals surface area contributed by atoms with E-state index in [-0.39, 0.29) is 11.3 Å². The molecule has 14 heteroatoms. The van der Waals surface area contributed by atoms with E-state index in [2.05, 4.69) is 51.9 Å². The van der Waals surface area contributed by atoms with Gasteiger partial charge in [0.05, 0.1) is 37.0 Å². The molecule has 0 radical (unpaired) electrons. The Bertz CT molecular complexity index is 2300. The molecule has 0 unspecified atom stereocenters. The maximum atomic E-state index is 13.6. The van der Waals surface area contributed by atoms with Gasteiger partial charge in [0.2, 0.25) is 0 Å². The molecule has 0 bridgehead atoms. The number of hydrogen-bond acceptors (Lipinski definition) is 10. The molecule has 4 aromatic carbocycles. The topological polar surface area (TPSA) is 152 Å². The Labute approximate surface area is 333 Å². The summed E-state index contributed by atoms with van der Waals surface area (Å²) in [7, 11) is 0.340. The van der Waals surface area contributed by atoms with Crippen molar-refractivity contribution < 1.29 is 33.1 Å². The van der Waals surface area contributed by atoms with Crippen LogP contribution < -0.4 is 40.8 Å². The molecular weight excluding hydrogens is 743 g/mol. The van der Waals surface area contributed by atoms with Crippen molar-refractivity contribution in [1.82, 2.24) is 15.2 Å². The van der Waals surface area contributed by atoms with Crippen molar-refractivity contribution >= 4 is 58.0 Å². The number of benzene rings is 4. The van der Waals surface area contributed by atoms with Crippen LogP contribution in [0.4, 0.5) is 27.7 Å². The van der Waals surface area contributed by atoms with E-state index >= 15 is 0 Å². The number of amides is 3. The van der Waals surface area contributed by atoms with Crippen LogP contribution in [0.15, 0.2) is 85.1 Å². The number of hydrogen-bond donors (Lipinski definition) is 4. The molecular formula is C43H51N6O7P. The number of methoxy groups -OCH3 is 1. The lowest BCUT2D eigenvalue weighted by Crippen LogP contribution is -2.38. The zero-order chi connectivity index (χ0) is 40.7. The Morgan fingerprint density at radius 1 is 0.895 bits per heavy atom. The summed E-state index contributed by atoms with van der Waals surface area (Å²) in [5.74, 6) is 2.28. The van der Waals surface area contributed by atoms with Crippen molar-refractivity contribution in [2.45, 2.75) is 26.2 Å². The predicted molar refractivity (Wildman–Crippen MR) is 228 cm³/mol. The molecule has 6 rings (SSSR count). The lowest BCUT2D eigenvalue weighted by Gasteiger charge is -2.26. The molecule has 1 aliphatic rings. The van der Waals surface area contributed by atoms with E-state index in [9.17, 15) is 14.2 Å². The number of anilines is 4. The van der Waals surface area contributed by atoms with Crippen LogP contribution in [-0.4, -0.2) is 88.8 Å². The summed E-state index contributed by atoms with van der Waals surface area (Å²) in [4.78, 5) is 33.0. The molecule has 2 heterocycles. The van der Waals surface area contributed by atoms with Crippen molar-refractivity contribution in [3.8, 4) is 23.0 Å². The summed E-state index contributed by atoms with van der Waals surface area (Å²) < 4.78 is 36.9. The van der Waals surface area contributed by atoms with Crippen LogP contribution in [0, 0.1) is 0 Å². The second kappa shape index (κ2) is 17.7. The quantitative estimate of drug-likeness (QED) is 0.0862. The van der Waals surface area contributed by atoms with Crippen molar-refractivity contribution in [2.75, 3.05) is 82.9 Å². The Morgan fingerprint density at radius 2 is 1.63 bits per heavy atom. The molecule has 57 heavy (non-hydrogen) atoms. The van der Waals surface area contributed by atoms with Gasteiger partial charge in [-0.3, -0.25) is 9.69 Å². The minimum absolute atomic E-state index is 0.239. The number of ether oxygens (including phenoxy) is 4. The average molecular weight is 795 g/mol. The third-order valence-electron chi connectivity index (χ3n) is 9.51. The normalized spacial score (nSPS) is 13.5. The molecule has 1 saturated heterocycles. The number of nitrogens with zero attached hydrogens (tertiary/aromatic N) is 2. The first kappa shape index (κ1) is 41.0. The summed E-state index contributed by atoms with van der Waals surface area (Å²) in [6.07, 6.45) is 1.63. The molecule has 4 N–H and O–H groups in total.